The largest absolute Gasteiger partial charge is 0.387 e. The Morgan fingerprint density at radius 1 is 1.14 bits per heavy atom. The first kappa shape index (κ1) is 12.2. The van der Waals surface area contributed by atoms with Gasteiger partial charge in [-0.05, 0) is 67.4 Å². The molecule has 0 aromatic carbocycles. The molecule has 4 unspecified atom stereocenters. The average Bonchev–Trinajstić information content (AvgIpc) is 2.93. The molecule has 0 saturated heterocycles. The molecular weight excluding hydrogens is 260 g/mol. The summed E-state index contributed by atoms with van der Waals surface area (Å²) in [7, 11) is 0. The van der Waals surface area contributed by atoms with Gasteiger partial charge in [-0.2, -0.15) is 0 Å². The topological polar surface area (TPSA) is 37.5 Å². The molecule has 3 fully saturated rings. The third-order valence-corrected chi connectivity index (χ3v) is 6.15. The lowest BCUT2D eigenvalue weighted by molar-refractivity contribution is 0.0691. The molecule has 21 heavy (non-hydrogen) atoms. The fourth-order valence-corrected chi connectivity index (χ4v) is 4.97. The SMILES string of the molecule is OC(c1c(C2CC2)ccc2cncn12)C1CC2CCC1C2. The van der Waals surface area contributed by atoms with Crippen molar-refractivity contribution < 1.29 is 5.11 Å². The molecule has 110 valence electrons. The van der Waals surface area contributed by atoms with Crippen molar-refractivity contribution in [1.29, 1.82) is 0 Å². The van der Waals surface area contributed by atoms with Gasteiger partial charge >= 0.3 is 0 Å². The molecular formula is C18H22N2O. The van der Waals surface area contributed by atoms with E-state index in [4.69, 9.17) is 0 Å². The van der Waals surface area contributed by atoms with Crippen molar-refractivity contribution in [3.63, 3.8) is 0 Å². The summed E-state index contributed by atoms with van der Waals surface area (Å²) < 4.78 is 2.14. The molecule has 0 radical (unpaired) electrons. The summed E-state index contributed by atoms with van der Waals surface area (Å²) in [6.07, 6.45) is 11.3. The van der Waals surface area contributed by atoms with Crippen molar-refractivity contribution in [2.75, 3.05) is 0 Å². The summed E-state index contributed by atoms with van der Waals surface area (Å²) in [6.45, 7) is 0. The monoisotopic (exact) mass is 282 g/mol. The molecule has 1 N–H and O–H groups in total. The normalized spacial score (nSPS) is 32.9. The van der Waals surface area contributed by atoms with E-state index in [1.807, 2.05) is 12.5 Å². The Kier molecular flexibility index (Phi) is 2.52. The lowest BCUT2D eigenvalue weighted by Gasteiger charge is -2.29. The first-order valence-electron chi connectivity index (χ1n) is 8.44. The number of hydrogen-bond donors (Lipinski definition) is 1. The number of nitrogens with zero attached hydrogens (tertiary/aromatic N) is 2. The summed E-state index contributed by atoms with van der Waals surface area (Å²) in [4.78, 5) is 4.29. The lowest BCUT2D eigenvalue weighted by atomic mass is 9.82. The maximum atomic E-state index is 11.2. The van der Waals surface area contributed by atoms with Crippen LogP contribution in [0.15, 0.2) is 24.7 Å². The minimum atomic E-state index is -0.311. The number of aliphatic hydroxyl groups is 1. The van der Waals surface area contributed by atoms with Gasteiger partial charge in [0.05, 0.1) is 29.8 Å². The standard InChI is InChI=1S/C18H22N2O/c21-18(16-8-11-1-2-13(16)7-11)17-15(12-3-4-12)6-5-14-9-19-10-20(14)17/h5-6,9-13,16,18,21H,1-4,7-8H2. The van der Waals surface area contributed by atoms with Crippen LogP contribution in [0, 0.1) is 17.8 Å². The molecule has 3 saturated carbocycles. The van der Waals surface area contributed by atoms with Gasteiger partial charge in [0.25, 0.3) is 0 Å². The Bertz CT molecular complexity index is 688. The van der Waals surface area contributed by atoms with E-state index in [-0.39, 0.29) is 6.10 Å². The van der Waals surface area contributed by atoms with Gasteiger partial charge in [0.15, 0.2) is 0 Å². The molecule has 3 heteroatoms. The smallest absolute Gasteiger partial charge is 0.0995 e. The zero-order valence-corrected chi connectivity index (χ0v) is 12.3. The van der Waals surface area contributed by atoms with E-state index in [1.165, 1.54) is 44.1 Å². The lowest BCUT2D eigenvalue weighted by Crippen LogP contribution is -2.22. The van der Waals surface area contributed by atoms with E-state index in [2.05, 4.69) is 21.5 Å². The van der Waals surface area contributed by atoms with Gasteiger partial charge in [-0.3, -0.25) is 0 Å². The molecule has 0 spiro atoms. The quantitative estimate of drug-likeness (QED) is 0.932. The van der Waals surface area contributed by atoms with Crippen molar-refractivity contribution in [2.24, 2.45) is 17.8 Å². The van der Waals surface area contributed by atoms with E-state index < -0.39 is 0 Å². The maximum absolute atomic E-state index is 11.2. The van der Waals surface area contributed by atoms with Crippen LogP contribution < -0.4 is 0 Å². The van der Waals surface area contributed by atoms with Crippen LogP contribution in [0.2, 0.25) is 0 Å². The Balaban J connectivity index is 1.61. The van der Waals surface area contributed by atoms with E-state index in [0.717, 1.165) is 23.0 Å². The van der Waals surface area contributed by atoms with Crippen LogP contribution in [0.1, 0.15) is 61.8 Å². The van der Waals surface area contributed by atoms with Crippen LogP contribution in [0.25, 0.3) is 5.52 Å². The fourth-order valence-electron chi connectivity index (χ4n) is 4.97. The van der Waals surface area contributed by atoms with Crippen LogP contribution in [-0.2, 0) is 0 Å². The summed E-state index contributed by atoms with van der Waals surface area (Å²) >= 11 is 0. The van der Waals surface area contributed by atoms with Gasteiger partial charge in [0.2, 0.25) is 0 Å². The zero-order chi connectivity index (χ0) is 14.0. The highest BCUT2D eigenvalue weighted by Gasteiger charge is 2.44. The predicted molar refractivity (Wildman–Crippen MR) is 81.1 cm³/mol. The second kappa shape index (κ2) is 4.33. The minimum absolute atomic E-state index is 0.311. The predicted octanol–water partition coefficient (Wildman–Crippen LogP) is 3.68. The zero-order valence-electron chi connectivity index (χ0n) is 12.3. The third-order valence-electron chi connectivity index (χ3n) is 6.15. The van der Waals surface area contributed by atoms with Crippen molar-refractivity contribution in [2.45, 2.75) is 50.5 Å². The van der Waals surface area contributed by atoms with Crippen molar-refractivity contribution in [3.8, 4) is 0 Å². The number of pyridine rings is 1. The molecule has 0 amide bonds. The van der Waals surface area contributed by atoms with Crippen LogP contribution in [-0.4, -0.2) is 14.5 Å². The molecule has 3 nitrogen and oxygen atoms in total. The van der Waals surface area contributed by atoms with Gasteiger partial charge in [0, 0.05) is 0 Å². The van der Waals surface area contributed by atoms with Crippen molar-refractivity contribution in [3.05, 3.63) is 35.9 Å². The molecule has 3 aliphatic rings. The van der Waals surface area contributed by atoms with Crippen LogP contribution in [0.3, 0.4) is 0 Å². The highest BCUT2D eigenvalue weighted by Crippen LogP contribution is 2.54. The first-order valence-corrected chi connectivity index (χ1v) is 8.44. The number of fused-ring (bicyclic) bond motifs is 3. The van der Waals surface area contributed by atoms with E-state index >= 15 is 0 Å². The highest BCUT2D eigenvalue weighted by molar-refractivity contribution is 5.50. The van der Waals surface area contributed by atoms with Crippen molar-refractivity contribution >= 4 is 5.52 Å². The first-order chi connectivity index (χ1) is 10.3. The van der Waals surface area contributed by atoms with Crippen LogP contribution in [0.5, 0.6) is 0 Å². The minimum Gasteiger partial charge on any atom is -0.387 e. The van der Waals surface area contributed by atoms with Crippen molar-refractivity contribution in [1.82, 2.24) is 9.38 Å². The number of aliphatic hydroxyl groups excluding tert-OH is 1. The Hall–Kier alpha value is -1.35. The molecule has 5 rings (SSSR count). The Labute approximate surface area is 125 Å². The molecule has 0 aliphatic heterocycles. The Morgan fingerprint density at radius 2 is 2.05 bits per heavy atom. The summed E-state index contributed by atoms with van der Waals surface area (Å²) in [6, 6.07) is 4.39. The van der Waals surface area contributed by atoms with E-state index in [9.17, 15) is 5.11 Å². The van der Waals surface area contributed by atoms with Gasteiger partial charge in [-0.1, -0.05) is 12.5 Å². The number of rotatable bonds is 3. The molecule has 2 bridgehead atoms. The van der Waals surface area contributed by atoms with Gasteiger partial charge in [-0.15, -0.1) is 0 Å². The summed E-state index contributed by atoms with van der Waals surface area (Å²) in [5.74, 6) is 2.76. The van der Waals surface area contributed by atoms with Gasteiger partial charge in [-0.25, -0.2) is 4.98 Å². The number of imidazole rings is 1. The fraction of sp³-hybridized carbons (Fsp3) is 0.611. The van der Waals surface area contributed by atoms with E-state index in [0.29, 0.717) is 11.8 Å². The molecule has 2 heterocycles. The maximum Gasteiger partial charge on any atom is 0.0995 e. The summed E-state index contributed by atoms with van der Waals surface area (Å²) in [5.41, 5.74) is 3.62. The molecule has 3 aliphatic carbocycles. The molecule has 2 aromatic rings. The molecule has 4 atom stereocenters. The third kappa shape index (κ3) is 1.80. The number of hydrogen-bond acceptors (Lipinski definition) is 2. The molecule has 2 aromatic heterocycles. The second-order valence-electron chi connectivity index (χ2n) is 7.42. The summed E-state index contributed by atoms with van der Waals surface area (Å²) in [5, 5.41) is 11.2. The van der Waals surface area contributed by atoms with Crippen LogP contribution >= 0.6 is 0 Å². The van der Waals surface area contributed by atoms with Gasteiger partial charge < -0.3 is 9.51 Å². The number of aromatic nitrogens is 2. The van der Waals surface area contributed by atoms with Gasteiger partial charge in [0.1, 0.15) is 0 Å². The highest BCUT2D eigenvalue weighted by atomic mass is 16.3. The van der Waals surface area contributed by atoms with E-state index in [1.54, 1.807) is 0 Å². The average molecular weight is 282 g/mol. The van der Waals surface area contributed by atoms with Crippen LogP contribution in [0.4, 0.5) is 0 Å². The Morgan fingerprint density at radius 3 is 2.76 bits per heavy atom. The second-order valence-corrected chi connectivity index (χ2v) is 7.42.